The van der Waals surface area contributed by atoms with E-state index in [1.54, 1.807) is 38.3 Å². The minimum absolute atomic E-state index is 0.243. The predicted octanol–water partition coefficient (Wildman–Crippen LogP) is 5.28. The number of rotatable bonds is 7. The van der Waals surface area contributed by atoms with Crippen molar-refractivity contribution in [2.75, 3.05) is 17.7 Å². The van der Waals surface area contributed by atoms with Gasteiger partial charge in [0.15, 0.2) is 6.10 Å². The van der Waals surface area contributed by atoms with Crippen LogP contribution in [0.3, 0.4) is 0 Å². The van der Waals surface area contributed by atoms with Gasteiger partial charge in [-0.25, -0.2) is 0 Å². The molecule has 0 radical (unpaired) electrons. The highest BCUT2D eigenvalue weighted by atomic mass is 16.5. The molecule has 0 fully saturated rings. The highest BCUT2D eigenvalue weighted by Gasteiger charge is 2.16. The van der Waals surface area contributed by atoms with Gasteiger partial charge in [-0.2, -0.15) is 0 Å². The second-order valence-corrected chi connectivity index (χ2v) is 7.75. The Labute approximate surface area is 188 Å². The van der Waals surface area contributed by atoms with Crippen LogP contribution in [0.25, 0.3) is 0 Å². The minimum Gasteiger partial charge on any atom is -0.495 e. The van der Waals surface area contributed by atoms with Crippen molar-refractivity contribution in [2.24, 2.45) is 0 Å². The van der Waals surface area contributed by atoms with Crippen molar-refractivity contribution in [3.63, 3.8) is 0 Å². The molecule has 3 rings (SSSR count). The van der Waals surface area contributed by atoms with Crippen LogP contribution in [0.15, 0.2) is 60.7 Å². The Morgan fingerprint density at radius 1 is 0.812 bits per heavy atom. The van der Waals surface area contributed by atoms with Gasteiger partial charge in [-0.05, 0) is 86.8 Å². The van der Waals surface area contributed by atoms with Gasteiger partial charge in [-0.15, -0.1) is 0 Å². The number of anilines is 2. The first-order valence-electron chi connectivity index (χ1n) is 10.4. The van der Waals surface area contributed by atoms with Crippen LogP contribution in [-0.4, -0.2) is 25.0 Å². The van der Waals surface area contributed by atoms with Gasteiger partial charge < -0.3 is 20.1 Å². The van der Waals surface area contributed by atoms with Gasteiger partial charge in [0, 0.05) is 11.3 Å². The summed E-state index contributed by atoms with van der Waals surface area (Å²) in [6.07, 6.45) is -0.703. The molecule has 6 nitrogen and oxygen atoms in total. The van der Waals surface area contributed by atoms with Crippen molar-refractivity contribution < 1.29 is 19.1 Å². The summed E-state index contributed by atoms with van der Waals surface area (Å²) in [7, 11) is 1.56. The summed E-state index contributed by atoms with van der Waals surface area (Å²) in [6, 6.07) is 18.1. The number of hydrogen-bond acceptors (Lipinski definition) is 4. The molecule has 2 amide bonds. The maximum Gasteiger partial charge on any atom is 0.265 e. The molecule has 1 atom stereocenters. The van der Waals surface area contributed by atoms with E-state index in [1.165, 1.54) is 0 Å². The zero-order valence-electron chi connectivity index (χ0n) is 19.0. The molecule has 0 spiro atoms. The normalized spacial score (nSPS) is 11.4. The largest absolute Gasteiger partial charge is 0.495 e. The molecule has 0 bridgehead atoms. The lowest BCUT2D eigenvalue weighted by molar-refractivity contribution is -0.122. The smallest absolute Gasteiger partial charge is 0.265 e. The summed E-state index contributed by atoms with van der Waals surface area (Å²) in [5.41, 5.74) is 4.90. The third-order valence-corrected chi connectivity index (χ3v) is 5.05. The second kappa shape index (κ2) is 10.0. The monoisotopic (exact) mass is 432 g/mol. The van der Waals surface area contributed by atoms with Crippen LogP contribution in [-0.2, 0) is 4.79 Å². The Morgan fingerprint density at radius 3 is 2.09 bits per heavy atom. The van der Waals surface area contributed by atoms with Gasteiger partial charge >= 0.3 is 0 Å². The third kappa shape index (κ3) is 5.66. The Balaban J connectivity index is 1.62. The zero-order chi connectivity index (χ0) is 23.3. The second-order valence-electron chi connectivity index (χ2n) is 7.75. The highest BCUT2D eigenvalue weighted by molar-refractivity contribution is 6.05. The number of hydrogen-bond donors (Lipinski definition) is 2. The van der Waals surface area contributed by atoms with Gasteiger partial charge in [0.25, 0.3) is 11.8 Å². The number of benzene rings is 3. The molecular weight excluding hydrogens is 404 g/mol. The fraction of sp³-hybridized carbons (Fsp3) is 0.231. The highest BCUT2D eigenvalue weighted by Crippen LogP contribution is 2.26. The molecule has 0 saturated heterocycles. The molecule has 1 unspecified atom stereocenters. The van der Waals surface area contributed by atoms with E-state index >= 15 is 0 Å². The number of nitrogens with one attached hydrogen (secondary N) is 2. The number of methoxy groups -OCH3 is 1. The molecule has 0 aliphatic rings. The summed E-state index contributed by atoms with van der Waals surface area (Å²) in [5.74, 6) is 0.583. The first kappa shape index (κ1) is 22.9. The van der Waals surface area contributed by atoms with Crippen molar-refractivity contribution in [2.45, 2.75) is 33.8 Å². The molecule has 166 valence electrons. The van der Waals surface area contributed by atoms with E-state index in [0.717, 1.165) is 22.4 Å². The van der Waals surface area contributed by atoms with Gasteiger partial charge in [0.1, 0.15) is 11.5 Å². The Kier molecular flexibility index (Phi) is 7.15. The average Bonchev–Trinajstić information content (AvgIpc) is 2.77. The van der Waals surface area contributed by atoms with Crippen molar-refractivity contribution in [3.8, 4) is 11.5 Å². The summed E-state index contributed by atoms with van der Waals surface area (Å²) < 4.78 is 11.1. The van der Waals surface area contributed by atoms with Crippen molar-refractivity contribution >= 4 is 23.2 Å². The Morgan fingerprint density at radius 2 is 1.44 bits per heavy atom. The van der Waals surface area contributed by atoms with Crippen LogP contribution in [0.1, 0.15) is 34.0 Å². The van der Waals surface area contributed by atoms with Gasteiger partial charge in [0.2, 0.25) is 0 Å². The fourth-order valence-electron chi connectivity index (χ4n) is 3.16. The number of carbonyl (C=O) groups excluding carboxylic acids is 2. The van der Waals surface area contributed by atoms with E-state index in [2.05, 4.69) is 10.6 Å². The average molecular weight is 433 g/mol. The lowest BCUT2D eigenvalue weighted by Gasteiger charge is -2.16. The SMILES string of the molecule is COc1ccc(C)cc1NC(=O)c1ccc(OC(C)C(=O)Nc2cc(C)ccc2C)cc1. The molecule has 0 aliphatic heterocycles. The quantitative estimate of drug-likeness (QED) is 0.533. The molecule has 0 heterocycles. The fourth-order valence-corrected chi connectivity index (χ4v) is 3.16. The van der Waals surface area contributed by atoms with Crippen molar-refractivity contribution in [1.29, 1.82) is 0 Å². The van der Waals surface area contributed by atoms with E-state index in [1.807, 2.05) is 57.2 Å². The Hall–Kier alpha value is -3.80. The van der Waals surface area contributed by atoms with E-state index in [4.69, 9.17) is 9.47 Å². The lowest BCUT2D eigenvalue weighted by Crippen LogP contribution is -2.30. The van der Waals surface area contributed by atoms with Gasteiger partial charge in [-0.1, -0.05) is 18.2 Å². The first-order valence-corrected chi connectivity index (χ1v) is 10.4. The topological polar surface area (TPSA) is 76.7 Å². The van der Waals surface area contributed by atoms with E-state index < -0.39 is 6.10 Å². The predicted molar refractivity (Wildman–Crippen MR) is 127 cm³/mol. The maximum atomic E-state index is 12.6. The standard InChI is InChI=1S/C26H28N2O4/c1-16-6-8-18(3)22(14-16)27-25(29)19(4)32-21-11-9-20(10-12-21)26(30)28-23-15-17(2)7-13-24(23)31-5/h6-15,19H,1-5H3,(H,27,29)(H,28,30). The van der Waals surface area contributed by atoms with Crippen LogP contribution in [0.2, 0.25) is 0 Å². The molecule has 3 aromatic carbocycles. The number of aryl methyl sites for hydroxylation is 3. The minimum atomic E-state index is -0.703. The Bertz CT molecular complexity index is 1120. The zero-order valence-corrected chi connectivity index (χ0v) is 19.0. The number of ether oxygens (including phenoxy) is 2. The van der Waals surface area contributed by atoms with E-state index in [9.17, 15) is 9.59 Å². The van der Waals surface area contributed by atoms with Gasteiger partial charge in [0.05, 0.1) is 12.8 Å². The van der Waals surface area contributed by atoms with Crippen LogP contribution < -0.4 is 20.1 Å². The van der Waals surface area contributed by atoms with Crippen LogP contribution in [0, 0.1) is 20.8 Å². The lowest BCUT2D eigenvalue weighted by atomic mass is 10.1. The molecule has 6 heteroatoms. The number of carbonyl (C=O) groups is 2. The van der Waals surface area contributed by atoms with Crippen LogP contribution in [0.4, 0.5) is 11.4 Å². The van der Waals surface area contributed by atoms with Gasteiger partial charge in [-0.3, -0.25) is 9.59 Å². The maximum absolute atomic E-state index is 12.6. The molecule has 2 N–H and O–H groups in total. The summed E-state index contributed by atoms with van der Waals surface area (Å²) in [4.78, 5) is 25.2. The van der Waals surface area contributed by atoms with Crippen LogP contribution in [0.5, 0.6) is 11.5 Å². The molecule has 3 aromatic rings. The summed E-state index contributed by atoms with van der Waals surface area (Å²) >= 11 is 0. The molecular formula is C26H28N2O4. The molecule has 0 aliphatic carbocycles. The first-order chi connectivity index (χ1) is 15.3. The van der Waals surface area contributed by atoms with E-state index in [-0.39, 0.29) is 11.8 Å². The number of amides is 2. The van der Waals surface area contributed by atoms with Crippen molar-refractivity contribution in [1.82, 2.24) is 0 Å². The molecule has 0 saturated carbocycles. The summed E-state index contributed by atoms with van der Waals surface area (Å²) in [6.45, 7) is 7.54. The van der Waals surface area contributed by atoms with Crippen LogP contribution >= 0.6 is 0 Å². The summed E-state index contributed by atoms with van der Waals surface area (Å²) in [5, 5.41) is 5.77. The molecule has 32 heavy (non-hydrogen) atoms. The third-order valence-electron chi connectivity index (χ3n) is 5.05. The van der Waals surface area contributed by atoms with Crippen molar-refractivity contribution in [3.05, 3.63) is 82.9 Å². The molecule has 0 aromatic heterocycles. The van der Waals surface area contributed by atoms with E-state index in [0.29, 0.717) is 22.7 Å².